The fraction of sp³-hybridized carbons (Fsp3) is 0.128. The molecule has 1 aliphatic heterocycles. The van der Waals surface area contributed by atoms with Gasteiger partial charge in [-0.25, -0.2) is 14.8 Å². The van der Waals surface area contributed by atoms with Gasteiger partial charge in [0.15, 0.2) is 16.0 Å². The molecular weight excluding hydrogens is 695 g/mol. The van der Waals surface area contributed by atoms with Gasteiger partial charge in [0, 0.05) is 24.2 Å². The second kappa shape index (κ2) is 13.7. The van der Waals surface area contributed by atoms with E-state index in [2.05, 4.69) is 31.6 Å². The second-order valence-electron chi connectivity index (χ2n) is 12.2. The van der Waals surface area contributed by atoms with E-state index in [1.807, 2.05) is 103 Å². The molecule has 3 aromatic heterocycles. The number of hydrogen-bond acceptors (Lipinski definition) is 10. The van der Waals surface area contributed by atoms with Gasteiger partial charge >= 0.3 is 5.97 Å². The number of nitriles is 1. The van der Waals surface area contributed by atoms with Crippen molar-refractivity contribution in [2.24, 2.45) is 0 Å². The molecule has 256 valence electrons. The zero-order valence-corrected chi connectivity index (χ0v) is 29.3. The Labute approximate surface area is 305 Å². The maximum Gasteiger partial charge on any atom is 0.356 e. The van der Waals surface area contributed by atoms with Crippen LogP contribution in [0.2, 0.25) is 0 Å². The first kappa shape index (κ1) is 32.8. The number of para-hydroxylation sites is 1. The van der Waals surface area contributed by atoms with E-state index in [4.69, 9.17) is 4.74 Å². The third-order valence-electron chi connectivity index (χ3n) is 8.93. The maximum atomic E-state index is 13.5. The lowest BCUT2D eigenvalue weighted by atomic mass is 9.94. The van der Waals surface area contributed by atoms with Crippen molar-refractivity contribution in [3.63, 3.8) is 0 Å². The molecule has 0 saturated carbocycles. The van der Waals surface area contributed by atoms with Crippen molar-refractivity contribution < 1.29 is 19.4 Å². The molecule has 0 atom stereocenters. The number of nitrogens with zero attached hydrogens (tertiary/aromatic N) is 5. The number of carbonyl (C=O) groups is 2. The van der Waals surface area contributed by atoms with E-state index in [0.717, 1.165) is 43.7 Å². The van der Waals surface area contributed by atoms with Gasteiger partial charge in [0.1, 0.15) is 29.7 Å². The molecule has 0 spiro atoms. The Morgan fingerprint density at radius 2 is 1.77 bits per heavy atom. The number of carboxylic acids is 1. The van der Waals surface area contributed by atoms with Crippen LogP contribution < -0.4 is 15.0 Å². The Morgan fingerprint density at radius 3 is 2.54 bits per heavy atom. The van der Waals surface area contributed by atoms with Gasteiger partial charge in [0.25, 0.3) is 5.91 Å². The summed E-state index contributed by atoms with van der Waals surface area (Å²) in [5.74, 6) is -0.670. The predicted octanol–water partition coefficient (Wildman–Crippen LogP) is 8.08. The van der Waals surface area contributed by atoms with Crippen LogP contribution in [-0.4, -0.2) is 43.7 Å². The first-order valence-corrected chi connectivity index (χ1v) is 18.0. The number of hydrogen-bond donors (Lipinski definition) is 3. The number of benzene rings is 4. The lowest BCUT2D eigenvalue weighted by molar-refractivity contribution is 0.0692. The van der Waals surface area contributed by atoms with Gasteiger partial charge in [0.05, 0.1) is 20.8 Å². The lowest BCUT2D eigenvalue weighted by Crippen LogP contribution is -2.32. The number of aryl methyl sites for hydroxylation is 1. The van der Waals surface area contributed by atoms with Crippen molar-refractivity contribution in [1.29, 1.82) is 5.26 Å². The minimum Gasteiger partial charge on any atom is -0.489 e. The summed E-state index contributed by atoms with van der Waals surface area (Å²) in [6, 6.07) is 30.7. The van der Waals surface area contributed by atoms with Gasteiger partial charge in [-0.1, -0.05) is 71.2 Å². The molecule has 0 aliphatic carbocycles. The van der Waals surface area contributed by atoms with Crippen LogP contribution in [0.5, 0.6) is 5.75 Å². The molecule has 13 heteroatoms. The number of amides is 1. The monoisotopic (exact) mass is 723 g/mol. The smallest absolute Gasteiger partial charge is 0.356 e. The van der Waals surface area contributed by atoms with Crippen LogP contribution in [0.1, 0.15) is 48.8 Å². The van der Waals surface area contributed by atoms with E-state index < -0.39 is 5.97 Å². The number of aromatic amines is 1. The van der Waals surface area contributed by atoms with Crippen LogP contribution >= 0.6 is 22.7 Å². The molecule has 1 amide bonds. The largest absolute Gasteiger partial charge is 0.489 e. The number of anilines is 2. The summed E-state index contributed by atoms with van der Waals surface area (Å²) < 4.78 is 7.00. The van der Waals surface area contributed by atoms with Crippen LogP contribution in [0.4, 0.5) is 10.3 Å². The van der Waals surface area contributed by atoms with Crippen molar-refractivity contribution in [3.8, 4) is 33.5 Å². The molecule has 4 heterocycles. The molecule has 3 N–H and O–H groups in total. The van der Waals surface area contributed by atoms with Gasteiger partial charge in [0.2, 0.25) is 0 Å². The number of carboxylic acid groups (broad SMARTS) is 1. The SMILES string of the molecule is Cc1[nH]nc(-c2ccc(OCc3ccc(-c4sc(N5CCc6cccc(C(=O)Nc7nc8ccccc8s7)c6C5)nc4C(=O)O)cc3)cc2)c1C#N. The highest BCUT2D eigenvalue weighted by Gasteiger charge is 2.27. The third kappa shape index (κ3) is 6.37. The summed E-state index contributed by atoms with van der Waals surface area (Å²) >= 11 is 2.76. The van der Waals surface area contributed by atoms with E-state index in [9.17, 15) is 20.0 Å². The number of thiazole rings is 2. The zero-order chi connectivity index (χ0) is 35.8. The number of fused-ring (bicyclic) bond motifs is 2. The van der Waals surface area contributed by atoms with Gasteiger partial charge in [-0.3, -0.25) is 15.2 Å². The molecular formula is C39H29N7O4S2. The summed E-state index contributed by atoms with van der Waals surface area (Å²) in [4.78, 5) is 37.6. The standard InChI is InChI=1S/C39H29N7O4S2/c1-22-29(19-40)33(45-44-22)25-13-15-27(16-14-25)50-21-23-9-11-26(12-10-23)35-34(37(48)49)42-39(52-35)46-18-17-24-5-4-6-28(30(24)20-46)36(47)43-38-41-31-7-2-3-8-32(31)51-38/h2-16H,17-18,20-21H2,1H3,(H,44,45)(H,48,49)(H,41,43,47). The van der Waals surface area contributed by atoms with E-state index >= 15 is 0 Å². The van der Waals surface area contributed by atoms with Crippen LogP contribution in [-0.2, 0) is 19.6 Å². The fourth-order valence-electron chi connectivity index (χ4n) is 6.23. The zero-order valence-electron chi connectivity index (χ0n) is 27.7. The Kier molecular flexibility index (Phi) is 8.68. The third-order valence-corrected chi connectivity index (χ3v) is 11.0. The Hall–Kier alpha value is -6.36. The number of carbonyl (C=O) groups excluding carboxylic acids is 1. The van der Waals surface area contributed by atoms with Gasteiger partial charge in [-0.15, -0.1) is 0 Å². The van der Waals surface area contributed by atoms with Crippen molar-refractivity contribution in [2.45, 2.75) is 26.5 Å². The normalized spacial score (nSPS) is 12.3. The minimum absolute atomic E-state index is 0.0107. The molecule has 0 saturated heterocycles. The Morgan fingerprint density at radius 1 is 0.981 bits per heavy atom. The van der Waals surface area contributed by atoms with Crippen LogP contribution in [0, 0.1) is 18.3 Å². The van der Waals surface area contributed by atoms with Crippen LogP contribution in [0.15, 0.2) is 91.0 Å². The first-order chi connectivity index (χ1) is 25.3. The second-order valence-corrected chi connectivity index (χ2v) is 14.2. The topological polar surface area (TPSA) is 157 Å². The first-order valence-electron chi connectivity index (χ1n) is 16.4. The summed E-state index contributed by atoms with van der Waals surface area (Å²) in [5.41, 5.74) is 7.67. The van der Waals surface area contributed by atoms with E-state index in [1.165, 1.54) is 22.7 Å². The predicted molar refractivity (Wildman–Crippen MR) is 201 cm³/mol. The van der Waals surface area contributed by atoms with E-state index in [0.29, 0.717) is 63.8 Å². The van der Waals surface area contributed by atoms with Crippen LogP contribution in [0.25, 0.3) is 31.9 Å². The molecule has 0 unspecified atom stereocenters. The highest BCUT2D eigenvalue weighted by atomic mass is 32.1. The van der Waals surface area contributed by atoms with Crippen molar-refractivity contribution in [2.75, 3.05) is 16.8 Å². The summed E-state index contributed by atoms with van der Waals surface area (Å²) in [6.07, 6.45) is 0.690. The van der Waals surface area contributed by atoms with Crippen molar-refractivity contribution >= 4 is 55.0 Å². The minimum atomic E-state index is -1.10. The molecule has 1 aliphatic rings. The number of ether oxygens (including phenoxy) is 1. The number of aromatic carboxylic acids is 1. The Bertz CT molecular complexity index is 2480. The summed E-state index contributed by atoms with van der Waals surface area (Å²) in [7, 11) is 0. The maximum absolute atomic E-state index is 13.5. The highest BCUT2D eigenvalue weighted by Crippen LogP contribution is 2.38. The molecule has 0 bridgehead atoms. The van der Waals surface area contributed by atoms with E-state index in [1.54, 1.807) is 0 Å². The molecule has 0 radical (unpaired) electrons. The molecule has 11 nitrogen and oxygen atoms in total. The average molecular weight is 724 g/mol. The summed E-state index contributed by atoms with van der Waals surface area (Å²) in [6.45, 7) is 3.18. The summed E-state index contributed by atoms with van der Waals surface area (Å²) in [5, 5.41) is 30.8. The number of rotatable bonds is 9. The number of aromatic nitrogens is 4. The van der Waals surface area contributed by atoms with Crippen LogP contribution in [0.3, 0.4) is 0 Å². The molecule has 7 aromatic rings. The number of nitrogens with one attached hydrogen (secondary N) is 2. The average Bonchev–Trinajstić information content (AvgIpc) is 3.90. The fourth-order valence-corrected chi connectivity index (χ4v) is 8.18. The molecule has 8 rings (SSSR count). The Balaban J connectivity index is 0.966. The van der Waals surface area contributed by atoms with E-state index in [-0.39, 0.29) is 11.6 Å². The molecule has 52 heavy (non-hydrogen) atoms. The van der Waals surface area contributed by atoms with Crippen molar-refractivity contribution in [3.05, 3.63) is 130 Å². The van der Waals surface area contributed by atoms with Gasteiger partial charge in [-0.2, -0.15) is 10.4 Å². The van der Waals surface area contributed by atoms with Gasteiger partial charge in [-0.05, 0) is 78.1 Å². The van der Waals surface area contributed by atoms with Gasteiger partial charge < -0.3 is 14.7 Å². The molecule has 4 aromatic carbocycles. The quantitative estimate of drug-likeness (QED) is 0.134. The highest BCUT2D eigenvalue weighted by molar-refractivity contribution is 7.22. The van der Waals surface area contributed by atoms with Crippen molar-refractivity contribution in [1.82, 2.24) is 20.2 Å². The lowest BCUT2D eigenvalue weighted by Gasteiger charge is -2.29. The molecule has 0 fully saturated rings. The number of H-pyrrole nitrogens is 1.